The first-order valence-corrected chi connectivity index (χ1v) is 12.8. The normalized spacial score (nSPS) is 17.8. The summed E-state index contributed by atoms with van der Waals surface area (Å²) >= 11 is 0. The molecular formula is C28H35N5O3. The third kappa shape index (κ3) is 4.76. The number of anilines is 2. The number of rotatable bonds is 7. The van der Waals surface area contributed by atoms with Crippen LogP contribution in [0, 0.1) is 5.41 Å². The van der Waals surface area contributed by atoms with Crippen molar-refractivity contribution in [3.8, 4) is 11.5 Å². The van der Waals surface area contributed by atoms with Gasteiger partial charge in [-0.2, -0.15) is 4.98 Å². The first kappa shape index (κ1) is 24.2. The Morgan fingerprint density at radius 2 is 1.72 bits per heavy atom. The molecule has 2 fully saturated rings. The molecule has 2 aliphatic rings. The molecule has 1 aromatic heterocycles. The van der Waals surface area contributed by atoms with E-state index in [4.69, 9.17) is 20.2 Å². The lowest BCUT2D eigenvalue weighted by Crippen LogP contribution is -2.52. The van der Waals surface area contributed by atoms with Crippen molar-refractivity contribution in [2.24, 2.45) is 5.41 Å². The minimum atomic E-state index is -0.445. The zero-order valence-electron chi connectivity index (χ0n) is 21.1. The minimum absolute atomic E-state index is 0.189. The van der Waals surface area contributed by atoms with Crippen LogP contribution in [0.2, 0.25) is 0 Å². The van der Waals surface area contributed by atoms with Gasteiger partial charge in [-0.15, -0.1) is 0 Å². The number of ether oxygens (including phenoxy) is 2. The number of hydrogen-bond acceptors (Lipinski definition) is 7. The van der Waals surface area contributed by atoms with Gasteiger partial charge in [0.1, 0.15) is 5.82 Å². The molecule has 1 amide bonds. The minimum Gasteiger partial charge on any atom is -0.493 e. The van der Waals surface area contributed by atoms with E-state index in [0.717, 1.165) is 37.5 Å². The van der Waals surface area contributed by atoms with Gasteiger partial charge in [-0.25, -0.2) is 4.98 Å². The third-order valence-electron chi connectivity index (χ3n) is 7.78. The van der Waals surface area contributed by atoms with Crippen LogP contribution in [0.25, 0.3) is 10.9 Å². The Balaban J connectivity index is 1.39. The number of carbonyl (C=O) groups excluding carboxylic acids is 1. The molecule has 8 heteroatoms. The van der Waals surface area contributed by atoms with Gasteiger partial charge < -0.3 is 25.4 Å². The van der Waals surface area contributed by atoms with Crippen molar-refractivity contribution in [2.75, 3.05) is 37.9 Å². The summed E-state index contributed by atoms with van der Waals surface area (Å²) in [6.45, 7) is 1.37. The molecule has 1 saturated carbocycles. The van der Waals surface area contributed by atoms with E-state index in [1.165, 1.54) is 18.4 Å². The lowest BCUT2D eigenvalue weighted by Gasteiger charge is -2.41. The fourth-order valence-corrected chi connectivity index (χ4v) is 5.62. The van der Waals surface area contributed by atoms with Gasteiger partial charge in [-0.1, -0.05) is 43.2 Å². The maximum absolute atomic E-state index is 13.7. The van der Waals surface area contributed by atoms with Crippen LogP contribution in [0.3, 0.4) is 0 Å². The van der Waals surface area contributed by atoms with Gasteiger partial charge in [0.2, 0.25) is 11.9 Å². The highest BCUT2D eigenvalue weighted by atomic mass is 16.5. The molecule has 0 bridgehead atoms. The Morgan fingerprint density at radius 1 is 1.06 bits per heavy atom. The predicted octanol–water partition coefficient (Wildman–Crippen LogP) is 4.12. The molecule has 1 aliphatic carbocycles. The lowest BCUT2D eigenvalue weighted by molar-refractivity contribution is -0.133. The van der Waals surface area contributed by atoms with Crippen molar-refractivity contribution in [1.82, 2.24) is 15.3 Å². The van der Waals surface area contributed by atoms with E-state index in [9.17, 15) is 4.79 Å². The summed E-state index contributed by atoms with van der Waals surface area (Å²) in [4.78, 5) is 25.2. The molecule has 3 aromatic rings. The van der Waals surface area contributed by atoms with Crippen molar-refractivity contribution in [3.05, 3.63) is 48.0 Å². The number of benzene rings is 2. The van der Waals surface area contributed by atoms with Gasteiger partial charge in [0.05, 0.1) is 25.2 Å². The number of nitrogen functional groups attached to an aromatic ring is 1. The molecule has 36 heavy (non-hydrogen) atoms. The smallest absolute Gasteiger partial charge is 0.227 e. The SMILES string of the molecule is COc1cc2nc(N3CCC(Cc4ccccc4)(C(=O)NC4CCCC4)CC3)nc(N)c2cc1OC. The summed E-state index contributed by atoms with van der Waals surface area (Å²) in [5, 5.41) is 4.11. The van der Waals surface area contributed by atoms with Crippen LogP contribution >= 0.6 is 0 Å². The molecule has 2 aromatic carbocycles. The third-order valence-corrected chi connectivity index (χ3v) is 7.78. The monoisotopic (exact) mass is 489 g/mol. The summed E-state index contributed by atoms with van der Waals surface area (Å²) < 4.78 is 10.9. The quantitative estimate of drug-likeness (QED) is 0.515. The Kier molecular flexibility index (Phi) is 6.85. The molecule has 3 N–H and O–H groups in total. The topological polar surface area (TPSA) is 103 Å². The number of aromatic nitrogens is 2. The average Bonchev–Trinajstić information content (AvgIpc) is 3.42. The van der Waals surface area contributed by atoms with Gasteiger partial charge in [0, 0.05) is 30.6 Å². The summed E-state index contributed by atoms with van der Waals surface area (Å²) in [5.74, 6) is 2.35. The van der Waals surface area contributed by atoms with Crippen molar-refractivity contribution < 1.29 is 14.3 Å². The lowest BCUT2D eigenvalue weighted by atomic mass is 9.72. The summed E-state index contributed by atoms with van der Waals surface area (Å²) in [5.41, 5.74) is 7.79. The van der Waals surface area contributed by atoms with E-state index in [-0.39, 0.29) is 5.91 Å². The molecule has 1 saturated heterocycles. The van der Waals surface area contributed by atoms with Crippen LogP contribution in [0.1, 0.15) is 44.1 Å². The van der Waals surface area contributed by atoms with E-state index in [0.29, 0.717) is 47.9 Å². The molecule has 190 valence electrons. The van der Waals surface area contributed by atoms with Crippen LogP contribution < -0.4 is 25.4 Å². The van der Waals surface area contributed by atoms with E-state index < -0.39 is 5.41 Å². The van der Waals surface area contributed by atoms with E-state index in [1.807, 2.05) is 30.3 Å². The summed E-state index contributed by atoms with van der Waals surface area (Å²) in [6, 6.07) is 14.3. The van der Waals surface area contributed by atoms with Crippen molar-refractivity contribution in [2.45, 2.75) is 51.0 Å². The van der Waals surface area contributed by atoms with E-state index in [1.54, 1.807) is 14.2 Å². The maximum atomic E-state index is 13.7. The van der Waals surface area contributed by atoms with E-state index >= 15 is 0 Å². The average molecular weight is 490 g/mol. The highest BCUT2D eigenvalue weighted by Gasteiger charge is 2.42. The molecule has 0 atom stereocenters. The molecule has 0 radical (unpaired) electrons. The molecule has 1 aliphatic heterocycles. The number of nitrogens with two attached hydrogens (primary N) is 1. The number of hydrogen-bond donors (Lipinski definition) is 2. The van der Waals surface area contributed by atoms with E-state index in [2.05, 4.69) is 27.3 Å². The summed E-state index contributed by atoms with van der Waals surface area (Å²) in [6.07, 6.45) is 6.75. The number of fused-ring (bicyclic) bond motifs is 1. The fourth-order valence-electron chi connectivity index (χ4n) is 5.62. The van der Waals surface area contributed by atoms with Crippen molar-refractivity contribution >= 4 is 28.6 Å². The second-order valence-electron chi connectivity index (χ2n) is 10.0. The van der Waals surface area contributed by atoms with Crippen LogP contribution in [-0.2, 0) is 11.2 Å². The van der Waals surface area contributed by atoms with Crippen molar-refractivity contribution in [1.29, 1.82) is 0 Å². The molecular weight excluding hydrogens is 454 g/mol. The number of carbonyl (C=O) groups is 1. The number of methoxy groups -OCH3 is 2. The number of nitrogens with zero attached hydrogens (tertiary/aromatic N) is 3. The van der Waals surface area contributed by atoms with Crippen LogP contribution in [0.5, 0.6) is 11.5 Å². The Hall–Kier alpha value is -3.55. The van der Waals surface area contributed by atoms with Crippen LogP contribution in [-0.4, -0.2) is 49.2 Å². The number of amides is 1. The zero-order valence-corrected chi connectivity index (χ0v) is 21.1. The van der Waals surface area contributed by atoms with Crippen molar-refractivity contribution in [3.63, 3.8) is 0 Å². The zero-order chi connectivity index (χ0) is 25.1. The van der Waals surface area contributed by atoms with Gasteiger partial charge in [0.15, 0.2) is 11.5 Å². The Morgan fingerprint density at radius 3 is 2.39 bits per heavy atom. The van der Waals surface area contributed by atoms with Gasteiger partial charge in [-0.3, -0.25) is 4.79 Å². The molecule has 2 heterocycles. The van der Waals surface area contributed by atoms with Gasteiger partial charge in [-0.05, 0) is 43.7 Å². The molecule has 8 nitrogen and oxygen atoms in total. The second kappa shape index (κ2) is 10.2. The predicted molar refractivity (Wildman–Crippen MR) is 141 cm³/mol. The molecule has 5 rings (SSSR count). The fraction of sp³-hybridized carbons (Fsp3) is 0.464. The van der Waals surface area contributed by atoms with Gasteiger partial charge in [0.25, 0.3) is 0 Å². The molecule has 0 unspecified atom stereocenters. The van der Waals surface area contributed by atoms with Crippen LogP contribution in [0.15, 0.2) is 42.5 Å². The largest absolute Gasteiger partial charge is 0.493 e. The Labute approximate surface area is 212 Å². The second-order valence-corrected chi connectivity index (χ2v) is 10.0. The Bertz CT molecular complexity index is 1220. The standard InChI is InChI=1S/C28H35N5O3/c1-35-23-16-21-22(17-24(23)36-2)31-27(32-25(21)29)33-14-12-28(13-15-33,18-19-8-4-3-5-9-19)26(34)30-20-10-6-7-11-20/h3-5,8-9,16-17,20H,6-7,10-15,18H2,1-2H3,(H,30,34)(H2,29,31,32). The first-order valence-electron chi connectivity index (χ1n) is 12.8. The van der Waals surface area contributed by atoms with Gasteiger partial charge >= 0.3 is 0 Å². The number of nitrogens with one attached hydrogen (secondary N) is 1. The summed E-state index contributed by atoms with van der Waals surface area (Å²) in [7, 11) is 3.19. The highest BCUT2D eigenvalue weighted by molar-refractivity contribution is 5.92. The maximum Gasteiger partial charge on any atom is 0.227 e. The highest BCUT2D eigenvalue weighted by Crippen LogP contribution is 2.39. The van der Waals surface area contributed by atoms with Crippen LogP contribution in [0.4, 0.5) is 11.8 Å². The first-order chi connectivity index (χ1) is 17.5. The number of piperidine rings is 1. The molecule has 0 spiro atoms.